The Bertz CT molecular complexity index is 2960. The Balaban J connectivity index is 0.934. The SMILES string of the molecule is CC1(C)C(/C=C/C=C/C=C2\N(CCON3c4ccccc4Sc4ccc(Cl)cc43)c3ccccc3C2(C)C)=[N+](CC(=O)N2c3ccccc3Sc3ccc(Cl)cc32)c2ccccc21. The van der Waals surface area contributed by atoms with Crippen molar-refractivity contribution >= 4 is 92.5 Å². The first-order valence-electron chi connectivity index (χ1n) is 21.1. The quantitative estimate of drug-likeness (QED) is 0.106. The van der Waals surface area contributed by atoms with Gasteiger partial charge < -0.3 is 4.90 Å². The molecule has 6 nitrogen and oxygen atoms in total. The van der Waals surface area contributed by atoms with Gasteiger partial charge in [-0.25, -0.2) is 5.06 Å². The van der Waals surface area contributed by atoms with E-state index in [-0.39, 0.29) is 23.3 Å². The smallest absolute Gasteiger partial charge is 0.297 e. The molecule has 6 aromatic rings. The summed E-state index contributed by atoms with van der Waals surface area (Å²) in [5.41, 5.74) is 9.94. The van der Waals surface area contributed by atoms with Gasteiger partial charge in [0.25, 0.3) is 5.91 Å². The van der Waals surface area contributed by atoms with E-state index in [4.69, 9.17) is 28.0 Å². The van der Waals surface area contributed by atoms with E-state index >= 15 is 0 Å². The fraction of sp³-hybridized carbons (Fsp3) is 0.170. The molecule has 0 saturated heterocycles. The molecule has 0 aromatic heterocycles. The lowest BCUT2D eigenvalue weighted by molar-refractivity contribution is -0.424. The van der Waals surface area contributed by atoms with Gasteiger partial charge in [0.1, 0.15) is 0 Å². The van der Waals surface area contributed by atoms with Crippen molar-refractivity contribution in [2.24, 2.45) is 0 Å². The molecule has 314 valence electrons. The van der Waals surface area contributed by atoms with Crippen LogP contribution in [0.5, 0.6) is 0 Å². The van der Waals surface area contributed by atoms with Gasteiger partial charge in [0, 0.05) is 70.7 Å². The molecule has 63 heavy (non-hydrogen) atoms. The second-order valence-electron chi connectivity index (χ2n) is 16.9. The van der Waals surface area contributed by atoms with Gasteiger partial charge in [-0.3, -0.25) is 14.5 Å². The Hall–Kier alpha value is -5.48. The lowest BCUT2D eigenvalue weighted by Gasteiger charge is -2.33. The van der Waals surface area contributed by atoms with E-state index in [9.17, 15) is 4.79 Å². The summed E-state index contributed by atoms with van der Waals surface area (Å²) in [5, 5.41) is 3.20. The highest BCUT2D eigenvalue weighted by atomic mass is 35.5. The first kappa shape index (κ1) is 41.5. The van der Waals surface area contributed by atoms with E-state index in [0.29, 0.717) is 23.2 Å². The third-order valence-corrected chi connectivity index (χ3v) is 15.1. The van der Waals surface area contributed by atoms with Crippen LogP contribution in [-0.2, 0) is 20.5 Å². The molecule has 10 rings (SSSR count). The van der Waals surface area contributed by atoms with Crippen LogP contribution in [0.4, 0.5) is 34.1 Å². The number of hydrogen-bond acceptors (Lipinski definition) is 6. The Labute approximate surface area is 387 Å². The Morgan fingerprint density at radius 1 is 0.635 bits per heavy atom. The van der Waals surface area contributed by atoms with Gasteiger partial charge in [-0.05, 0) is 92.2 Å². The molecule has 0 N–H and O–H groups in total. The lowest BCUT2D eigenvalue weighted by Crippen LogP contribution is -2.36. The number of benzene rings is 6. The van der Waals surface area contributed by atoms with Crippen LogP contribution in [0.25, 0.3) is 0 Å². The van der Waals surface area contributed by atoms with Crippen LogP contribution in [0.2, 0.25) is 10.0 Å². The normalized spacial score (nSPS) is 17.2. The van der Waals surface area contributed by atoms with Crippen LogP contribution in [-0.4, -0.2) is 35.9 Å². The van der Waals surface area contributed by atoms with Crippen LogP contribution in [0.3, 0.4) is 0 Å². The van der Waals surface area contributed by atoms with Crippen molar-refractivity contribution in [3.63, 3.8) is 0 Å². The Morgan fingerprint density at radius 2 is 1.22 bits per heavy atom. The van der Waals surface area contributed by atoms with Crippen LogP contribution in [0.1, 0.15) is 38.8 Å². The third kappa shape index (κ3) is 7.42. The van der Waals surface area contributed by atoms with Crippen molar-refractivity contribution in [3.05, 3.63) is 191 Å². The van der Waals surface area contributed by atoms with E-state index in [0.717, 1.165) is 53.7 Å². The van der Waals surface area contributed by atoms with E-state index < -0.39 is 0 Å². The summed E-state index contributed by atoms with van der Waals surface area (Å²) in [7, 11) is 0. The summed E-state index contributed by atoms with van der Waals surface area (Å²) in [5.74, 6) is -0.0339. The third-order valence-electron chi connectivity index (χ3n) is 12.3. The molecule has 4 aliphatic heterocycles. The zero-order chi connectivity index (χ0) is 43.5. The number of carbonyl (C=O) groups is 1. The molecule has 0 fully saturated rings. The van der Waals surface area contributed by atoms with E-state index in [1.807, 2.05) is 70.6 Å². The molecule has 4 heterocycles. The number of para-hydroxylation sites is 4. The molecule has 0 radical (unpaired) electrons. The van der Waals surface area contributed by atoms with Gasteiger partial charge in [0.2, 0.25) is 12.2 Å². The first-order chi connectivity index (χ1) is 30.5. The van der Waals surface area contributed by atoms with Crippen molar-refractivity contribution in [3.8, 4) is 0 Å². The monoisotopic (exact) mass is 903 g/mol. The zero-order valence-corrected chi connectivity index (χ0v) is 38.5. The minimum Gasteiger partial charge on any atom is -0.342 e. The molecule has 0 saturated carbocycles. The predicted octanol–water partition coefficient (Wildman–Crippen LogP) is 14.2. The standard InChI is InChI=1S/C53H45Cl2N4O2S2/c1-52(2)37-16-8-10-18-39(37)56(30-31-61-59-42-21-13-15-23-46(42)63-48-29-27-36(55)33-44(48)59)49(52)24-6-5-7-25-50-53(3,4)38-17-9-11-19-40(38)57(50)34-51(60)58-41-20-12-14-22-45(41)62-47-28-26-35(54)32-43(47)58/h5-29,32-33H,30-31,34H2,1-4H3/q+1. The van der Waals surface area contributed by atoms with Gasteiger partial charge in [-0.1, -0.05) is 139 Å². The van der Waals surface area contributed by atoms with Crippen molar-refractivity contribution in [2.75, 3.05) is 34.6 Å². The van der Waals surface area contributed by atoms with Crippen molar-refractivity contribution in [1.29, 1.82) is 0 Å². The molecule has 0 atom stereocenters. The molecule has 0 spiro atoms. The van der Waals surface area contributed by atoms with E-state index in [2.05, 4.69) is 140 Å². The second-order valence-corrected chi connectivity index (χ2v) is 20.0. The van der Waals surface area contributed by atoms with E-state index in [1.165, 1.54) is 22.5 Å². The summed E-state index contributed by atoms with van der Waals surface area (Å²) >= 11 is 16.4. The van der Waals surface area contributed by atoms with Crippen molar-refractivity contribution < 1.29 is 14.2 Å². The maximum absolute atomic E-state index is 14.7. The summed E-state index contributed by atoms with van der Waals surface area (Å²) in [6, 6.07) is 45.2. The number of allylic oxidation sites excluding steroid dienone is 6. The van der Waals surface area contributed by atoms with Crippen LogP contribution >= 0.6 is 46.7 Å². The fourth-order valence-electron chi connectivity index (χ4n) is 9.31. The number of hydrogen-bond donors (Lipinski definition) is 0. The lowest BCUT2D eigenvalue weighted by atomic mass is 9.81. The maximum atomic E-state index is 14.7. The number of nitrogens with zero attached hydrogens (tertiary/aromatic N) is 4. The average molecular weight is 905 g/mol. The van der Waals surface area contributed by atoms with Gasteiger partial charge in [-0.15, -0.1) is 0 Å². The molecule has 4 aliphatic rings. The highest BCUT2D eigenvalue weighted by Crippen LogP contribution is 2.51. The zero-order valence-electron chi connectivity index (χ0n) is 35.4. The number of halogens is 2. The minimum absolute atomic E-state index is 0.0339. The minimum atomic E-state index is -0.345. The summed E-state index contributed by atoms with van der Waals surface area (Å²) in [4.78, 5) is 29.9. The number of fused-ring (bicyclic) bond motifs is 6. The van der Waals surface area contributed by atoms with Gasteiger partial charge in [0.15, 0.2) is 5.71 Å². The summed E-state index contributed by atoms with van der Waals surface area (Å²) in [6.07, 6.45) is 10.7. The Morgan fingerprint density at radius 3 is 1.97 bits per heavy atom. The summed E-state index contributed by atoms with van der Waals surface area (Å²) < 4.78 is 2.18. The number of rotatable bonds is 9. The number of amides is 1. The molecular formula is C53H45Cl2N4O2S2+. The van der Waals surface area contributed by atoms with Gasteiger partial charge >= 0.3 is 0 Å². The van der Waals surface area contributed by atoms with Gasteiger partial charge in [-0.2, -0.15) is 4.58 Å². The highest BCUT2D eigenvalue weighted by molar-refractivity contribution is 8.00. The molecular weight excluding hydrogens is 860 g/mol. The fourth-order valence-corrected chi connectivity index (χ4v) is 11.7. The molecule has 0 bridgehead atoms. The molecule has 10 heteroatoms. The molecule has 1 amide bonds. The molecule has 0 aliphatic carbocycles. The van der Waals surface area contributed by atoms with Crippen LogP contribution in [0, 0.1) is 0 Å². The topological polar surface area (TPSA) is 39.0 Å². The number of anilines is 5. The average Bonchev–Trinajstić information content (AvgIpc) is 3.63. The van der Waals surface area contributed by atoms with E-state index in [1.54, 1.807) is 23.5 Å². The van der Waals surface area contributed by atoms with Crippen LogP contribution < -0.4 is 14.9 Å². The highest BCUT2D eigenvalue weighted by Gasteiger charge is 2.46. The predicted molar refractivity (Wildman–Crippen MR) is 262 cm³/mol. The largest absolute Gasteiger partial charge is 0.342 e. The summed E-state index contributed by atoms with van der Waals surface area (Å²) in [6.45, 7) is 10.3. The maximum Gasteiger partial charge on any atom is 0.297 e. The first-order valence-corrected chi connectivity index (χ1v) is 23.5. The van der Waals surface area contributed by atoms with Crippen molar-refractivity contribution in [2.45, 2.75) is 58.1 Å². The molecule has 0 unspecified atom stereocenters. The second kappa shape index (κ2) is 16.6. The van der Waals surface area contributed by atoms with Crippen LogP contribution in [0.15, 0.2) is 189 Å². The van der Waals surface area contributed by atoms with Gasteiger partial charge in [0.05, 0.1) is 34.8 Å². The number of carbonyl (C=O) groups excluding carboxylic acids is 1. The molecule has 6 aromatic carbocycles. The Kier molecular flexibility index (Phi) is 10.9. The van der Waals surface area contributed by atoms with Crippen molar-refractivity contribution in [1.82, 2.24) is 0 Å².